The molecule has 7 aromatic rings. The minimum absolute atomic E-state index is 0.170. The predicted molar refractivity (Wildman–Crippen MR) is 160 cm³/mol. The van der Waals surface area contributed by atoms with Crippen molar-refractivity contribution in [2.24, 2.45) is 0 Å². The lowest BCUT2D eigenvalue weighted by Crippen LogP contribution is -2.30. The molecule has 0 bridgehead atoms. The Morgan fingerprint density at radius 1 is 0.525 bits per heavy atom. The Morgan fingerprint density at radius 3 is 1.73 bits per heavy atom. The fraction of sp³-hybridized carbons (Fsp3) is 0.0857. The molecule has 5 aromatic carbocycles. The number of para-hydroxylation sites is 3. The van der Waals surface area contributed by atoms with Gasteiger partial charge in [-0.05, 0) is 59.7 Å². The van der Waals surface area contributed by atoms with E-state index in [9.17, 15) is 9.59 Å². The Labute approximate surface area is 228 Å². The number of anilines is 3. The summed E-state index contributed by atoms with van der Waals surface area (Å²) in [5.41, 5.74) is 6.64. The van der Waals surface area contributed by atoms with Crippen molar-refractivity contribution in [3.63, 3.8) is 0 Å². The van der Waals surface area contributed by atoms with Crippen LogP contribution in [0.3, 0.4) is 0 Å². The molecule has 0 spiro atoms. The second-order valence-electron chi connectivity index (χ2n) is 10.9. The third-order valence-corrected chi connectivity index (χ3v) is 8.25. The van der Waals surface area contributed by atoms with E-state index in [0.29, 0.717) is 43.9 Å². The van der Waals surface area contributed by atoms with Crippen LogP contribution in [0.1, 0.15) is 25.0 Å². The molecule has 40 heavy (non-hydrogen) atoms. The molecule has 0 fully saturated rings. The van der Waals surface area contributed by atoms with Gasteiger partial charge in [0.15, 0.2) is 0 Å². The largest absolute Gasteiger partial charge is 0.456 e. The van der Waals surface area contributed by atoms with Crippen LogP contribution in [0.5, 0.6) is 0 Å². The Balaban J connectivity index is 1.39. The summed E-state index contributed by atoms with van der Waals surface area (Å²) < 4.78 is 12.2. The van der Waals surface area contributed by atoms with Crippen molar-refractivity contribution >= 4 is 60.9 Å². The molecular weight excluding hydrogens is 498 g/mol. The first kappa shape index (κ1) is 22.8. The van der Waals surface area contributed by atoms with Crippen LogP contribution in [0, 0.1) is 0 Å². The molecule has 3 heterocycles. The average Bonchev–Trinajstić information content (AvgIpc) is 2.97. The Bertz CT molecular complexity index is 2260. The van der Waals surface area contributed by atoms with Crippen molar-refractivity contribution in [1.29, 1.82) is 0 Å². The molecule has 1 aliphatic heterocycles. The summed E-state index contributed by atoms with van der Waals surface area (Å²) in [5, 5.41) is 1.64. The van der Waals surface area contributed by atoms with Gasteiger partial charge < -0.3 is 13.7 Å². The molecule has 0 N–H and O–H groups in total. The fourth-order valence-corrected chi connectivity index (χ4v) is 6.23. The summed E-state index contributed by atoms with van der Waals surface area (Å²) in [7, 11) is 0. The molecule has 0 saturated carbocycles. The van der Waals surface area contributed by atoms with Gasteiger partial charge in [0.1, 0.15) is 22.3 Å². The average molecular weight is 522 g/mol. The Kier molecular flexibility index (Phi) is 4.52. The van der Waals surface area contributed by atoms with E-state index in [1.54, 1.807) is 30.3 Å². The highest BCUT2D eigenvalue weighted by atomic mass is 16.3. The second kappa shape index (κ2) is 7.93. The summed E-state index contributed by atoms with van der Waals surface area (Å²) in [5.74, 6) is 0. The summed E-state index contributed by atoms with van der Waals surface area (Å²) in [4.78, 5) is 29.4. The normalized spacial score (nSPS) is 14.1. The molecule has 0 aliphatic carbocycles. The standard InChI is InChI=1S/C35H23NO4/c1-35(2)25-10-4-6-12-27(25)36(28-13-7-5-11-26(28)35)20-15-16-30-22(17-20)34(38)24-18-23-31(19-32(24)40-30)39-29-14-8-3-9-21(29)33(23)37/h3-19H,1-2H3. The summed E-state index contributed by atoms with van der Waals surface area (Å²) in [6.45, 7) is 4.49. The van der Waals surface area contributed by atoms with Gasteiger partial charge in [-0.3, -0.25) is 9.59 Å². The lowest BCUT2D eigenvalue weighted by Gasteiger charge is -2.42. The Morgan fingerprint density at radius 2 is 1.05 bits per heavy atom. The fourth-order valence-electron chi connectivity index (χ4n) is 6.23. The minimum atomic E-state index is -0.188. The number of rotatable bonds is 1. The van der Waals surface area contributed by atoms with Crippen LogP contribution in [-0.2, 0) is 5.41 Å². The number of nitrogens with zero attached hydrogens (tertiary/aromatic N) is 1. The maximum Gasteiger partial charge on any atom is 0.200 e. The molecular formula is C35H23NO4. The van der Waals surface area contributed by atoms with Crippen molar-refractivity contribution in [1.82, 2.24) is 0 Å². The van der Waals surface area contributed by atoms with E-state index >= 15 is 0 Å². The van der Waals surface area contributed by atoms with E-state index < -0.39 is 0 Å². The van der Waals surface area contributed by atoms with E-state index in [0.717, 1.165) is 17.1 Å². The van der Waals surface area contributed by atoms with Crippen LogP contribution in [0.4, 0.5) is 17.1 Å². The molecule has 192 valence electrons. The highest BCUT2D eigenvalue weighted by Gasteiger charge is 2.36. The lowest BCUT2D eigenvalue weighted by molar-refractivity contribution is 0.632. The van der Waals surface area contributed by atoms with Gasteiger partial charge in [0.2, 0.25) is 10.9 Å². The molecule has 1 aliphatic rings. The van der Waals surface area contributed by atoms with Crippen molar-refractivity contribution in [3.05, 3.63) is 135 Å². The summed E-state index contributed by atoms with van der Waals surface area (Å²) in [6.07, 6.45) is 0. The quantitative estimate of drug-likeness (QED) is 0.203. The van der Waals surface area contributed by atoms with E-state index in [-0.39, 0.29) is 16.3 Å². The molecule has 0 amide bonds. The molecule has 0 saturated heterocycles. The number of fused-ring (bicyclic) bond motifs is 6. The molecule has 2 aromatic heterocycles. The maximum absolute atomic E-state index is 13.9. The van der Waals surface area contributed by atoms with E-state index in [1.807, 2.05) is 36.4 Å². The first-order valence-corrected chi connectivity index (χ1v) is 13.3. The van der Waals surface area contributed by atoms with Crippen LogP contribution in [-0.4, -0.2) is 0 Å². The van der Waals surface area contributed by atoms with Gasteiger partial charge in [-0.25, -0.2) is 0 Å². The number of benzene rings is 5. The zero-order valence-corrected chi connectivity index (χ0v) is 21.9. The van der Waals surface area contributed by atoms with Crippen molar-refractivity contribution in [2.45, 2.75) is 19.3 Å². The topological polar surface area (TPSA) is 63.7 Å². The molecule has 5 heteroatoms. The van der Waals surface area contributed by atoms with Gasteiger partial charge in [-0.1, -0.05) is 62.4 Å². The van der Waals surface area contributed by atoms with Crippen LogP contribution in [0.2, 0.25) is 0 Å². The van der Waals surface area contributed by atoms with Gasteiger partial charge in [0.05, 0.1) is 32.9 Å². The number of hydrogen-bond acceptors (Lipinski definition) is 5. The predicted octanol–water partition coefficient (Wildman–Crippen LogP) is 8.31. The summed E-state index contributed by atoms with van der Waals surface area (Å²) in [6, 6.07) is 32.9. The first-order valence-electron chi connectivity index (χ1n) is 13.3. The van der Waals surface area contributed by atoms with Gasteiger partial charge >= 0.3 is 0 Å². The molecule has 0 atom stereocenters. The van der Waals surface area contributed by atoms with Gasteiger partial charge in [0, 0.05) is 17.2 Å². The van der Waals surface area contributed by atoms with Crippen LogP contribution in [0.15, 0.2) is 122 Å². The zero-order valence-electron chi connectivity index (χ0n) is 21.9. The van der Waals surface area contributed by atoms with Crippen molar-refractivity contribution in [2.75, 3.05) is 4.90 Å². The van der Waals surface area contributed by atoms with Gasteiger partial charge in [-0.15, -0.1) is 0 Å². The third-order valence-electron chi connectivity index (χ3n) is 8.25. The number of hydrogen-bond donors (Lipinski definition) is 0. The first-order chi connectivity index (χ1) is 19.4. The zero-order chi connectivity index (χ0) is 27.2. The van der Waals surface area contributed by atoms with Crippen LogP contribution >= 0.6 is 0 Å². The SMILES string of the molecule is CC1(C)c2ccccc2N(c2ccc3oc4cc5oc6ccccc6c(=O)c5cc4c(=O)c3c2)c2ccccc21. The van der Waals surface area contributed by atoms with Gasteiger partial charge in [-0.2, -0.15) is 0 Å². The van der Waals surface area contributed by atoms with E-state index in [4.69, 9.17) is 8.83 Å². The van der Waals surface area contributed by atoms with Crippen LogP contribution in [0.25, 0.3) is 43.9 Å². The lowest BCUT2D eigenvalue weighted by atomic mass is 9.73. The molecule has 5 nitrogen and oxygen atoms in total. The van der Waals surface area contributed by atoms with Gasteiger partial charge in [0.25, 0.3) is 0 Å². The molecule has 0 radical (unpaired) electrons. The molecule has 0 unspecified atom stereocenters. The Hall–Kier alpha value is -5.16. The molecule has 8 rings (SSSR count). The van der Waals surface area contributed by atoms with Crippen molar-refractivity contribution < 1.29 is 8.83 Å². The highest BCUT2D eigenvalue weighted by molar-refractivity contribution is 6.01. The van der Waals surface area contributed by atoms with Crippen LogP contribution < -0.4 is 15.8 Å². The second-order valence-corrected chi connectivity index (χ2v) is 10.9. The maximum atomic E-state index is 13.9. The third kappa shape index (κ3) is 3.03. The smallest absolute Gasteiger partial charge is 0.200 e. The summed E-state index contributed by atoms with van der Waals surface area (Å²) >= 11 is 0. The minimum Gasteiger partial charge on any atom is -0.456 e. The van der Waals surface area contributed by atoms with Crippen molar-refractivity contribution in [3.8, 4) is 0 Å². The van der Waals surface area contributed by atoms with E-state index in [1.165, 1.54) is 11.1 Å². The monoisotopic (exact) mass is 521 g/mol. The van der Waals surface area contributed by atoms with E-state index in [2.05, 4.69) is 55.1 Å². The highest BCUT2D eigenvalue weighted by Crippen LogP contribution is 2.51.